The van der Waals surface area contributed by atoms with E-state index in [0.29, 0.717) is 22.8 Å². The van der Waals surface area contributed by atoms with Gasteiger partial charge in [-0.1, -0.05) is 0 Å². The van der Waals surface area contributed by atoms with Gasteiger partial charge >= 0.3 is 0 Å². The molecule has 0 aliphatic carbocycles. The third-order valence-electron chi connectivity index (χ3n) is 3.81. The van der Waals surface area contributed by atoms with E-state index in [4.69, 9.17) is 18.9 Å². The maximum atomic E-state index is 9.94. The molecule has 0 saturated carbocycles. The molecule has 124 valence electrons. The third kappa shape index (κ3) is 3.12. The second-order valence-electron chi connectivity index (χ2n) is 5.10. The van der Waals surface area contributed by atoms with Crippen LogP contribution in [0.15, 0.2) is 12.1 Å². The number of hydrogen-bond acceptors (Lipinski definition) is 7. The largest absolute Gasteiger partial charge is 0.493 e. The van der Waals surface area contributed by atoms with Gasteiger partial charge in [-0.2, -0.15) is 0 Å². The van der Waals surface area contributed by atoms with Crippen molar-refractivity contribution >= 4 is 0 Å². The predicted molar refractivity (Wildman–Crippen MR) is 77.4 cm³/mol. The van der Waals surface area contributed by atoms with Gasteiger partial charge in [0.25, 0.3) is 0 Å². The van der Waals surface area contributed by atoms with Crippen LogP contribution >= 0.6 is 0 Å². The molecule has 0 radical (unpaired) electrons. The molecule has 3 N–H and O–H groups in total. The summed E-state index contributed by atoms with van der Waals surface area (Å²) < 4.78 is 21.5. The second-order valence-corrected chi connectivity index (χ2v) is 5.10. The monoisotopic (exact) mass is 314 g/mol. The molecule has 1 unspecified atom stereocenters. The van der Waals surface area contributed by atoms with Gasteiger partial charge in [0.2, 0.25) is 5.75 Å². The van der Waals surface area contributed by atoms with E-state index in [-0.39, 0.29) is 13.0 Å². The number of aliphatic hydroxyl groups excluding tert-OH is 3. The van der Waals surface area contributed by atoms with Crippen LogP contribution in [0.5, 0.6) is 17.2 Å². The average Bonchev–Trinajstić information content (AvgIpc) is 2.55. The van der Waals surface area contributed by atoms with E-state index < -0.39 is 24.4 Å². The van der Waals surface area contributed by atoms with E-state index in [1.807, 2.05) is 0 Å². The summed E-state index contributed by atoms with van der Waals surface area (Å²) in [5.74, 6) is 1.41. The normalized spacial score (nSPS) is 28.3. The molecule has 0 bridgehead atoms. The fraction of sp³-hybridized carbons (Fsp3) is 0.600. The molecule has 1 aliphatic rings. The van der Waals surface area contributed by atoms with Crippen molar-refractivity contribution in [1.82, 2.24) is 0 Å². The van der Waals surface area contributed by atoms with Crippen LogP contribution in [0.25, 0.3) is 0 Å². The van der Waals surface area contributed by atoms with Crippen LogP contribution in [0.4, 0.5) is 0 Å². The standard InChI is InChI=1S/C15H22O7/c1-19-11-4-8(5-12(20-2)15(11)21-3)10-6-9(17)14(18)13(7-16)22-10/h4-5,9-10,13-14,16-18H,6-7H2,1-3H3/t9-,10?,13-,14+/m1/s1. The van der Waals surface area contributed by atoms with Gasteiger partial charge in [-0.15, -0.1) is 0 Å². The van der Waals surface area contributed by atoms with E-state index in [2.05, 4.69) is 0 Å². The van der Waals surface area contributed by atoms with E-state index in [9.17, 15) is 15.3 Å². The van der Waals surface area contributed by atoms with Crippen LogP contribution in [-0.4, -0.2) is 61.6 Å². The highest BCUT2D eigenvalue weighted by molar-refractivity contribution is 5.54. The Labute approximate surface area is 129 Å². The average molecular weight is 314 g/mol. The highest BCUT2D eigenvalue weighted by Crippen LogP contribution is 2.42. The zero-order chi connectivity index (χ0) is 16.3. The first-order valence-electron chi connectivity index (χ1n) is 6.98. The van der Waals surface area contributed by atoms with Crippen LogP contribution in [0.2, 0.25) is 0 Å². The summed E-state index contributed by atoms with van der Waals surface area (Å²) in [4.78, 5) is 0. The zero-order valence-corrected chi connectivity index (χ0v) is 12.9. The first kappa shape index (κ1) is 16.8. The molecule has 1 fully saturated rings. The van der Waals surface area contributed by atoms with E-state index in [1.165, 1.54) is 21.3 Å². The molecule has 22 heavy (non-hydrogen) atoms. The van der Waals surface area contributed by atoms with Gasteiger partial charge in [-0.3, -0.25) is 0 Å². The smallest absolute Gasteiger partial charge is 0.203 e. The van der Waals surface area contributed by atoms with Gasteiger partial charge in [-0.25, -0.2) is 0 Å². The van der Waals surface area contributed by atoms with Crippen molar-refractivity contribution in [3.05, 3.63) is 17.7 Å². The summed E-state index contributed by atoms with van der Waals surface area (Å²) in [6.07, 6.45) is -3.22. The number of hydrogen-bond donors (Lipinski definition) is 3. The SMILES string of the molecule is COc1cc(C2C[C@@H](O)[C@H](O)[C@@H](CO)O2)cc(OC)c1OC. The predicted octanol–water partition coefficient (Wildman–Crippen LogP) is 0.256. The summed E-state index contributed by atoms with van der Waals surface area (Å²) in [5, 5.41) is 29.0. The zero-order valence-electron chi connectivity index (χ0n) is 12.9. The first-order valence-corrected chi connectivity index (χ1v) is 6.98. The quantitative estimate of drug-likeness (QED) is 0.717. The van der Waals surface area contributed by atoms with Gasteiger partial charge in [0.05, 0.1) is 40.1 Å². The summed E-state index contributed by atoms with van der Waals surface area (Å²) in [6.45, 7) is -0.376. The Hall–Kier alpha value is -1.54. The van der Waals surface area contributed by atoms with Crippen molar-refractivity contribution in [2.24, 2.45) is 0 Å². The molecule has 2 rings (SSSR count). The minimum atomic E-state index is -1.11. The van der Waals surface area contributed by atoms with Crippen LogP contribution in [0, 0.1) is 0 Å². The topological polar surface area (TPSA) is 97.6 Å². The molecule has 1 aromatic rings. The highest BCUT2D eigenvalue weighted by atomic mass is 16.5. The Morgan fingerprint density at radius 2 is 1.68 bits per heavy atom. The Balaban J connectivity index is 2.35. The number of ether oxygens (including phenoxy) is 4. The van der Waals surface area contributed by atoms with Gasteiger partial charge in [0.1, 0.15) is 12.2 Å². The molecule has 0 aromatic heterocycles. The van der Waals surface area contributed by atoms with Gasteiger partial charge in [0, 0.05) is 6.42 Å². The summed E-state index contributed by atoms with van der Waals surface area (Å²) in [5.41, 5.74) is 0.707. The number of aliphatic hydroxyl groups is 3. The van der Waals surface area contributed by atoms with Crippen LogP contribution in [0.3, 0.4) is 0 Å². The lowest BCUT2D eigenvalue weighted by atomic mass is 9.93. The number of benzene rings is 1. The molecule has 4 atom stereocenters. The lowest BCUT2D eigenvalue weighted by molar-refractivity contribution is -0.181. The molecule has 0 spiro atoms. The minimum Gasteiger partial charge on any atom is -0.493 e. The van der Waals surface area contributed by atoms with Gasteiger partial charge in [0.15, 0.2) is 11.5 Å². The fourth-order valence-electron chi connectivity index (χ4n) is 2.61. The molecular formula is C15H22O7. The Morgan fingerprint density at radius 1 is 1.09 bits per heavy atom. The van der Waals surface area contributed by atoms with Crippen molar-refractivity contribution < 1.29 is 34.3 Å². The molecule has 1 saturated heterocycles. The molecule has 1 heterocycles. The second kappa shape index (κ2) is 7.15. The van der Waals surface area contributed by atoms with E-state index in [1.54, 1.807) is 12.1 Å². The van der Waals surface area contributed by atoms with E-state index in [0.717, 1.165) is 0 Å². The van der Waals surface area contributed by atoms with Crippen molar-refractivity contribution in [3.8, 4) is 17.2 Å². The number of methoxy groups -OCH3 is 3. The highest BCUT2D eigenvalue weighted by Gasteiger charge is 2.37. The Kier molecular flexibility index (Phi) is 5.47. The van der Waals surface area contributed by atoms with Crippen molar-refractivity contribution in [1.29, 1.82) is 0 Å². The molecule has 1 aliphatic heterocycles. The van der Waals surface area contributed by atoms with Crippen LogP contribution in [0.1, 0.15) is 18.1 Å². The summed E-state index contributed by atoms with van der Waals surface area (Å²) >= 11 is 0. The Bertz CT molecular complexity index is 480. The van der Waals surface area contributed by atoms with Gasteiger partial charge in [-0.05, 0) is 17.7 Å². The van der Waals surface area contributed by atoms with Crippen molar-refractivity contribution in [2.45, 2.75) is 30.8 Å². The first-order chi connectivity index (χ1) is 10.5. The Morgan fingerprint density at radius 3 is 2.14 bits per heavy atom. The lowest BCUT2D eigenvalue weighted by Crippen LogP contribution is -2.47. The van der Waals surface area contributed by atoms with Crippen LogP contribution in [-0.2, 0) is 4.74 Å². The third-order valence-corrected chi connectivity index (χ3v) is 3.81. The molecule has 0 amide bonds. The van der Waals surface area contributed by atoms with Crippen molar-refractivity contribution in [3.63, 3.8) is 0 Å². The maximum Gasteiger partial charge on any atom is 0.203 e. The summed E-state index contributed by atoms with van der Waals surface area (Å²) in [7, 11) is 4.54. The molecular weight excluding hydrogens is 292 g/mol. The number of rotatable bonds is 5. The molecule has 7 heteroatoms. The maximum absolute atomic E-state index is 9.94. The fourth-order valence-corrected chi connectivity index (χ4v) is 2.61. The van der Waals surface area contributed by atoms with E-state index >= 15 is 0 Å². The van der Waals surface area contributed by atoms with Crippen LogP contribution < -0.4 is 14.2 Å². The summed E-state index contributed by atoms with van der Waals surface area (Å²) in [6, 6.07) is 3.45. The van der Waals surface area contributed by atoms with Crippen molar-refractivity contribution in [2.75, 3.05) is 27.9 Å². The minimum absolute atomic E-state index is 0.205. The molecule has 1 aromatic carbocycles. The van der Waals surface area contributed by atoms with Gasteiger partial charge < -0.3 is 34.3 Å². The molecule has 7 nitrogen and oxygen atoms in total. The lowest BCUT2D eigenvalue weighted by Gasteiger charge is -2.36.